The summed E-state index contributed by atoms with van der Waals surface area (Å²) in [5.74, 6) is 1.03. The van der Waals surface area contributed by atoms with Crippen molar-refractivity contribution in [3.63, 3.8) is 0 Å². The van der Waals surface area contributed by atoms with Crippen LogP contribution in [0.4, 0.5) is 0 Å². The fraction of sp³-hybridized carbons (Fsp3) is 0.571. The first-order chi connectivity index (χ1) is 4.22. The maximum atomic E-state index is 7.48. The summed E-state index contributed by atoms with van der Waals surface area (Å²) in [6, 6.07) is 0. The van der Waals surface area contributed by atoms with Crippen molar-refractivity contribution in [3.05, 3.63) is 12.2 Å². The highest BCUT2D eigenvalue weighted by Crippen LogP contribution is 2.07. The molecule has 9 heavy (non-hydrogen) atoms. The van der Waals surface area contributed by atoms with Crippen LogP contribution in [0.15, 0.2) is 12.2 Å². The van der Waals surface area contributed by atoms with Gasteiger partial charge in [-0.2, -0.15) is 0 Å². The molecule has 2 heteroatoms. The summed E-state index contributed by atoms with van der Waals surface area (Å²) >= 11 is 0. The summed E-state index contributed by atoms with van der Waals surface area (Å²) in [6.07, 6.45) is 4.17. The van der Waals surface area contributed by atoms with Crippen LogP contribution in [0.1, 0.15) is 6.92 Å². The maximum Gasteiger partial charge on any atom is 0.103 e. The van der Waals surface area contributed by atoms with Gasteiger partial charge in [-0.15, -0.1) is 0 Å². The number of likely N-dealkylation sites (N-methyl/N-ethyl adjacent to an activating group) is 1. The van der Waals surface area contributed by atoms with Crippen molar-refractivity contribution >= 4 is 5.84 Å². The van der Waals surface area contributed by atoms with E-state index in [0.29, 0.717) is 5.92 Å². The van der Waals surface area contributed by atoms with Gasteiger partial charge in [0.15, 0.2) is 0 Å². The standard InChI is InChI=1S/C7H12N2/c1-6-4-3-5-9(2)7(6)8/h3-4,6,8H,5H2,1-2H3. The van der Waals surface area contributed by atoms with Crippen molar-refractivity contribution in [1.29, 1.82) is 5.41 Å². The minimum Gasteiger partial charge on any atom is -0.359 e. The third-order valence-corrected chi connectivity index (χ3v) is 1.65. The van der Waals surface area contributed by atoms with E-state index in [9.17, 15) is 0 Å². The Morgan fingerprint density at radius 2 is 2.44 bits per heavy atom. The second kappa shape index (κ2) is 2.21. The number of amidine groups is 1. The van der Waals surface area contributed by atoms with E-state index in [2.05, 4.69) is 12.2 Å². The van der Waals surface area contributed by atoms with Gasteiger partial charge in [0.1, 0.15) is 5.84 Å². The lowest BCUT2D eigenvalue weighted by Gasteiger charge is -2.25. The Labute approximate surface area is 55.7 Å². The summed E-state index contributed by atoms with van der Waals surface area (Å²) in [4.78, 5) is 1.95. The van der Waals surface area contributed by atoms with Gasteiger partial charge in [-0.1, -0.05) is 19.1 Å². The van der Waals surface area contributed by atoms with Gasteiger partial charge in [-0.05, 0) is 0 Å². The molecular formula is C7H12N2. The zero-order valence-corrected chi connectivity index (χ0v) is 5.89. The van der Waals surface area contributed by atoms with Crippen LogP contribution in [0.5, 0.6) is 0 Å². The van der Waals surface area contributed by atoms with E-state index in [4.69, 9.17) is 5.41 Å². The minimum atomic E-state index is 0.309. The summed E-state index contributed by atoms with van der Waals surface area (Å²) in [7, 11) is 1.95. The molecule has 1 atom stereocenters. The highest BCUT2D eigenvalue weighted by molar-refractivity contribution is 5.83. The van der Waals surface area contributed by atoms with Gasteiger partial charge >= 0.3 is 0 Å². The summed E-state index contributed by atoms with van der Waals surface area (Å²) in [5, 5.41) is 7.48. The van der Waals surface area contributed by atoms with Gasteiger partial charge < -0.3 is 4.90 Å². The van der Waals surface area contributed by atoms with Gasteiger partial charge in [0, 0.05) is 19.5 Å². The van der Waals surface area contributed by atoms with Crippen LogP contribution in [0, 0.1) is 11.3 Å². The zero-order chi connectivity index (χ0) is 6.85. The van der Waals surface area contributed by atoms with Gasteiger partial charge in [0.25, 0.3) is 0 Å². The van der Waals surface area contributed by atoms with E-state index in [-0.39, 0.29) is 0 Å². The molecule has 2 nitrogen and oxygen atoms in total. The lowest BCUT2D eigenvalue weighted by Crippen LogP contribution is -2.33. The molecule has 0 bridgehead atoms. The topological polar surface area (TPSA) is 27.1 Å². The quantitative estimate of drug-likeness (QED) is 0.481. The number of rotatable bonds is 0. The molecule has 0 saturated heterocycles. The number of nitrogens with zero attached hydrogens (tertiary/aromatic N) is 1. The van der Waals surface area contributed by atoms with Crippen LogP contribution >= 0.6 is 0 Å². The molecule has 1 aliphatic heterocycles. The van der Waals surface area contributed by atoms with E-state index >= 15 is 0 Å². The van der Waals surface area contributed by atoms with Crippen LogP contribution in [0.25, 0.3) is 0 Å². The summed E-state index contributed by atoms with van der Waals surface area (Å²) in [5.41, 5.74) is 0. The first kappa shape index (κ1) is 6.33. The molecule has 0 amide bonds. The van der Waals surface area contributed by atoms with E-state index in [0.717, 1.165) is 12.4 Å². The Morgan fingerprint density at radius 3 is 2.89 bits per heavy atom. The lowest BCUT2D eigenvalue weighted by molar-refractivity contribution is 0.516. The smallest absolute Gasteiger partial charge is 0.103 e. The fourth-order valence-corrected chi connectivity index (χ4v) is 0.960. The molecule has 1 N–H and O–H groups in total. The predicted molar refractivity (Wildman–Crippen MR) is 38.7 cm³/mol. The monoisotopic (exact) mass is 124 g/mol. The molecule has 0 radical (unpaired) electrons. The Hall–Kier alpha value is -0.790. The minimum absolute atomic E-state index is 0.309. The molecule has 0 aromatic rings. The molecule has 0 saturated carbocycles. The van der Waals surface area contributed by atoms with Crippen molar-refractivity contribution in [2.75, 3.05) is 13.6 Å². The van der Waals surface area contributed by atoms with Crippen LogP contribution in [0.3, 0.4) is 0 Å². The molecule has 1 heterocycles. The van der Waals surface area contributed by atoms with Crippen molar-refractivity contribution < 1.29 is 0 Å². The molecule has 1 aliphatic rings. The highest BCUT2D eigenvalue weighted by atomic mass is 15.1. The molecule has 0 aromatic carbocycles. The average molecular weight is 124 g/mol. The first-order valence-corrected chi connectivity index (χ1v) is 3.18. The normalized spacial score (nSPS) is 27.1. The fourth-order valence-electron chi connectivity index (χ4n) is 0.960. The number of hydrogen-bond donors (Lipinski definition) is 1. The molecule has 0 spiro atoms. The molecule has 1 rings (SSSR count). The van der Waals surface area contributed by atoms with Crippen molar-refractivity contribution in [2.24, 2.45) is 5.92 Å². The zero-order valence-electron chi connectivity index (χ0n) is 5.89. The maximum absolute atomic E-state index is 7.48. The van der Waals surface area contributed by atoms with Crippen LogP contribution in [0.2, 0.25) is 0 Å². The van der Waals surface area contributed by atoms with Crippen molar-refractivity contribution in [3.8, 4) is 0 Å². The molecule has 0 aliphatic carbocycles. The summed E-state index contributed by atoms with van der Waals surface area (Å²) < 4.78 is 0. The second-order valence-electron chi connectivity index (χ2n) is 2.48. The third-order valence-electron chi connectivity index (χ3n) is 1.65. The largest absolute Gasteiger partial charge is 0.359 e. The van der Waals surface area contributed by atoms with Crippen LogP contribution < -0.4 is 0 Å². The number of hydrogen-bond acceptors (Lipinski definition) is 1. The van der Waals surface area contributed by atoms with E-state index < -0.39 is 0 Å². The van der Waals surface area contributed by atoms with E-state index in [1.54, 1.807) is 0 Å². The Morgan fingerprint density at radius 1 is 1.78 bits per heavy atom. The van der Waals surface area contributed by atoms with Gasteiger partial charge in [0.05, 0.1) is 0 Å². The van der Waals surface area contributed by atoms with Crippen molar-refractivity contribution in [2.45, 2.75) is 6.92 Å². The molecule has 50 valence electrons. The average Bonchev–Trinajstić information content (AvgIpc) is 1.83. The molecule has 0 fully saturated rings. The van der Waals surface area contributed by atoms with E-state index in [1.165, 1.54) is 0 Å². The third kappa shape index (κ3) is 1.12. The van der Waals surface area contributed by atoms with Crippen LogP contribution in [-0.2, 0) is 0 Å². The van der Waals surface area contributed by atoms with E-state index in [1.807, 2.05) is 18.9 Å². The number of nitrogens with one attached hydrogen (secondary N) is 1. The Balaban J connectivity index is 2.69. The molecule has 0 aromatic heterocycles. The van der Waals surface area contributed by atoms with Crippen LogP contribution in [-0.4, -0.2) is 24.3 Å². The SMILES string of the molecule is CC1C=CCN(C)C1=N. The molecule has 1 unspecified atom stereocenters. The Kier molecular flexibility index (Phi) is 1.56. The predicted octanol–water partition coefficient (Wildman–Crippen LogP) is 1.10. The van der Waals surface area contributed by atoms with Gasteiger partial charge in [0.2, 0.25) is 0 Å². The van der Waals surface area contributed by atoms with Gasteiger partial charge in [-0.3, -0.25) is 5.41 Å². The lowest BCUT2D eigenvalue weighted by atomic mass is 10.1. The summed E-state index contributed by atoms with van der Waals surface area (Å²) in [6.45, 7) is 2.93. The van der Waals surface area contributed by atoms with Gasteiger partial charge in [-0.25, -0.2) is 0 Å². The molecular weight excluding hydrogens is 112 g/mol. The Bertz CT molecular complexity index is 149. The first-order valence-electron chi connectivity index (χ1n) is 3.18. The highest BCUT2D eigenvalue weighted by Gasteiger charge is 2.12. The second-order valence-corrected chi connectivity index (χ2v) is 2.48. The van der Waals surface area contributed by atoms with Crippen molar-refractivity contribution in [1.82, 2.24) is 4.90 Å².